The Morgan fingerprint density at radius 1 is 1.08 bits per heavy atom. The highest BCUT2D eigenvalue weighted by molar-refractivity contribution is 6.31. The van der Waals surface area contributed by atoms with E-state index in [0.29, 0.717) is 10.6 Å². The first-order valence-corrected chi connectivity index (χ1v) is 8.38. The van der Waals surface area contributed by atoms with E-state index in [1.54, 1.807) is 0 Å². The van der Waals surface area contributed by atoms with Crippen molar-refractivity contribution in [2.45, 2.75) is 13.0 Å². The van der Waals surface area contributed by atoms with Crippen molar-refractivity contribution in [1.29, 1.82) is 0 Å². The van der Waals surface area contributed by atoms with E-state index in [1.165, 1.54) is 11.6 Å². The molecule has 3 aromatic rings. The minimum absolute atomic E-state index is 0.438. The monoisotopic (exact) mass is 356 g/mol. The zero-order valence-electron chi connectivity index (χ0n) is 13.6. The third-order valence-corrected chi connectivity index (χ3v) is 4.77. The molecule has 1 aromatic heterocycles. The smallest absolute Gasteiger partial charge is 0.160 e. The lowest BCUT2D eigenvalue weighted by Crippen LogP contribution is -2.27. The lowest BCUT2D eigenvalue weighted by atomic mass is 10.0. The highest BCUT2D eigenvalue weighted by Crippen LogP contribution is 2.31. The van der Waals surface area contributed by atoms with Gasteiger partial charge in [0.15, 0.2) is 11.6 Å². The average Bonchev–Trinajstić information content (AvgIpc) is 2.88. The number of hydrogen-bond donors (Lipinski definition) is 0. The molecular formula is C20H15ClF2N2. The van der Waals surface area contributed by atoms with Crippen molar-refractivity contribution in [3.63, 3.8) is 0 Å². The summed E-state index contributed by atoms with van der Waals surface area (Å²) in [7, 11) is 2.07. The molecule has 1 aliphatic heterocycles. The van der Waals surface area contributed by atoms with Gasteiger partial charge in [0, 0.05) is 40.8 Å². The zero-order chi connectivity index (χ0) is 17.6. The summed E-state index contributed by atoms with van der Waals surface area (Å²) in [5.74, 6) is 1.18. The highest BCUT2D eigenvalue weighted by atomic mass is 35.5. The molecule has 1 aliphatic rings. The average molecular weight is 357 g/mol. The summed E-state index contributed by atoms with van der Waals surface area (Å²) in [4.78, 5) is 2.23. The minimum atomic E-state index is -0.891. The second kappa shape index (κ2) is 6.18. The molecule has 5 heteroatoms. The maximum atomic E-state index is 13.4. The van der Waals surface area contributed by atoms with Crippen LogP contribution in [-0.4, -0.2) is 23.1 Å². The molecule has 0 spiro atoms. The Morgan fingerprint density at radius 2 is 1.92 bits per heavy atom. The van der Waals surface area contributed by atoms with Gasteiger partial charge in [0.1, 0.15) is 0 Å². The number of likely N-dealkylation sites (N-methyl/N-ethyl adjacent to an activating group) is 1. The van der Waals surface area contributed by atoms with Gasteiger partial charge in [-0.3, -0.25) is 4.57 Å². The van der Waals surface area contributed by atoms with E-state index in [0.717, 1.165) is 48.2 Å². The molecule has 2 aromatic carbocycles. The molecular weight excluding hydrogens is 342 g/mol. The Morgan fingerprint density at radius 3 is 2.72 bits per heavy atom. The van der Waals surface area contributed by atoms with Gasteiger partial charge in [-0.25, -0.2) is 8.78 Å². The standard InChI is InChI=1S/C20H15ClF2N2/c1-24-8-7-15-16-11-14(21)3-5-19(16)25(20(15)12-24)9-6-13-2-4-17(22)18(23)10-13/h2-5,10-11H,7-8,12H2,1H3. The molecule has 0 saturated heterocycles. The predicted octanol–water partition coefficient (Wildman–Crippen LogP) is 4.42. The van der Waals surface area contributed by atoms with Crippen LogP contribution >= 0.6 is 11.6 Å². The van der Waals surface area contributed by atoms with Crippen LogP contribution in [0, 0.1) is 23.6 Å². The summed E-state index contributed by atoms with van der Waals surface area (Å²) >= 11 is 6.17. The minimum Gasteiger partial charge on any atom is -0.300 e. The molecule has 0 aliphatic carbocycles. The van der Waals surface area contributed by atoms with Gasteiger partial charge < -0.3 is 4.90 Å². The van der Waals surface area contributed by atoms with Crippen molar-refractivity contribution in [3.8, 4) is 12.0 Å². The van der Waals surface area contributed by atoms with Crippen LogP contribution in [0.4, 0.5) is 8.78 Å². The number of nitrogens with zero attached hydrogens (tertiary/aromatic N) is 2. The highest BCUT2D eigenvalue weighted by Gasteiger charge is 2.22. The molecule has 25 heavy (non-hydrogen) atoms. The maximum absolute atomic E-state index is 13.4. The molecule has 2 nitrogen and oxygen atoms in total. The van der Waals surface area contributed by atoms with Gasteiger partial charge in [-0.1, -0.05) is 11.6 Å². The van der Waals surface area contributed by atoms with Crippen LogP contribution in [0.3, 0.4) is 0 Å². The maximum Gasteiger partial charge on any atom is 0.160 e. The molecule has 126 valence electrons. The molecule has 4 rings (SSSR count). The van der Waals surface area contributed by atoms with E-state index in [4.69, 9.17) is 11.6 Å². The molecule has 0 unspecified atom stereocenters. The van der Waals surface area contributed by atoms with Crippen LogP contribution in [0.25, 0.3) is 10.9 Å². The van der Waals surface area contributed by atoms with Crippen LogP contribution < -0.4 is 0 Å². The summed E-state index contributed by atoms with van der Waals surface area (Å²) in [6, 6.07) is 12.6. The third-order valence-electron chi connectivity index (χ3n) is 4.54. The molecule has 0 bridgehead atoms. The van der Waals surface area contributed by atoms with Gasteiger partial charge in [-0.05, 0) is 61.4 Å². The first-order valence-electron chi connectivity index (χ1n) is 8.00. The summed E-state index contributed by atoms with van der Waals surface area (Å²) < 4.78 is 28.4. The Hall–Kier alpha value is -2.35. The topological polar surface area (TPSA) is 8.17 Å². The Bertz CT molecular complexity index is 1040. The first kappa shape index (κ1) is 16.1. The van der Waals surface area contributed by atoms with Gasteiger partial charge in [0.2, 0.25) is 0 Å². The largest absolute Gasteiger partial charge is 0.300 e. The normalized spacial score (nSPS) is 14.2. The molecule has 0 saturated carbocycles. The van der Waals surface area contributed by atoms with Crippen molar-refractivity contribution in [3.05, 3.63) is 69.9 Å². The Kier molecular flexibility index (Phi) is 3.99. The van der Waals surface area contributed by atoms with Crippen LogP contribution in [0.5, 0.6) is 0 Å². The van der Waals surface area contributed by atoms with Crippen LogP contribution in [0.2, 0.25) is 5.02 Å². The SMILES string of the molecule is CN1CCc2c(n(C#Cc3ccc(F)c(F)c3)c3ccc(Cl)cc23)C1. The van der Waals surface area contributed by atoms with Gasteiger partial charge in [-0.15, -0.1) is 0 Å². The number of halogens is 3. The quantitative estimate of drug-likeness (QED) is 0.541. The molecule has 0 N–H and O–H groups in total. The van der Waals surface area contributed by atoms with Gasteiger partial charge in [0.05, 0.1) is 5.52 Å². The number of rotatable bonds is 0. The lowest BCUT2D eigenvalue weighted by molar-refractivity contribution is 0.308. The van der Waals surface area contributed by atoms with E-state index in [1.807, 2.05) is 22.8 Å². The van der Waals surface area contributed by atoms with E-state index in [9.17, 15) is 8.78 Å². The van der Waals surface area contributed by atoms with Gasteiger partial charge in [0.25, 0.3) is 0 Å². The third kappa shape index (κ3) is 2.90. The predicted molar refractivity (Wildman–Crippen MR) is 95.6 cm³/mol. The summed E-state index contributed by atoms with van der Waals surface area (Å²) in [6.45, 7) is 1.77. The number of fused-ring (bicyclic) bond motifs is 3. The molecule has 0 radical (unpaired) electrons. The van der Waals surface area contributed by atoms with Crippen molar-refractivity contribution >= 4 is 22.5 Å². The van der Waals surface area contributed by atoms with E-state index in [-0.39, 0.29) is 0 Å². The summed E-state index contributed by atoms with van der Waals surface area (Å²) in [5.41, 5.74) is 3.81. The fourth-order valence-electron chi connectivity index (χ4n) is 3.29. The second-order valence-corrected chi connectivity index (χ2v) is 6.71. The number of benzene rings is 2. The molecule has 0 amide bonds. The fourth-order valence-corrected chi connectivity index (χ4v) is 3.46. The van der Waals surface area contributed by atoms with Crippen molar-refractivity contribution in [2.75, 3.05) is 13.6 Å². The Labute approximate surface area is 149 Å². The van der Waals surface area contributed by atoms with Crippen LogP contribution in [0.15, 0.2) is 36.4 Å². The van der Waals surface area contributed by atoms with Crippen molar-refractivity contribution in [1.82, 2.24) is 9.47 Å². The Balaban J connectivity index is 1.88. The lowest BCUT2D eigenvalue weighted by Gasteiger charge is -2.23. The van der Waals surface area contributed by atoms with Gasteiger partial charge in [-0.2, -0.15) is 0 Å². The van der Waals surface area contributed by atoms with E-state index >= 15 is 0 Å². The molecule has 0 atom stereocenters. The molecule has 0 fully saturated rings. The molecule has 2 heterocycles. The summed E-state index contributed by atoms with van der Waals surface area (Å²) in [6.07, 6.45) is 0.933. The van der Waals surface area contributed by atoms with Crippen molar-refractivity contribution in [2.24, 2.45) is 0 Å². The van der Waals surface area contributed by atoms with Gasteiger partial charge >= 0.3 is 0 Å². The van der Waals surface area contributed by atoms with Crippen LogP contribution in [-0.2, 0) is 13.0 Å². The summed E-state index contributed by atoms with van der Waals surface area (Å²) in [5, 5.41) is 1.80. The fraction of sp³-hybridized carbons (Fsp3) is 0.200. The first-order chi connectivity index (χ1) is 12.0. The second-order valence-electron chi connectivity index (χ2n) is 6.28. The van der Waals surface area contributed by atoms with Crippen LogP contribution in [0.1, 0.15) is 16.8 Å². The van der Waals surface area contributed by atoms with E-state index < -0.39 is 11.6 Å². The number of aromatic nitrogens is 1. The zero-order valence-corrected chi connectivity index (χ0v) is 14.4. The van der Waals surface area contributed by atoms with Crippen molar-refractivity contribution < 1.29 is 8.78 Å². The number of hydrogen-bond acceptors (Lipinski definition) is 1. The van der Waals surface area contributed by atoms with E-state index in [2.05, 4.69) is 23.9 Å².